The van der Waals surface area contributed by atoms with Crippen molar-refractivity contribution >= 4 is 23.0 Å². The Labute approximate surface area is 124 Å². The fourth-order valence-electron chi connectivity index (χ4n) is 2.07. The van der Waals surface area contributed by atoms with Gasteiger partial charge in [0.05, 0.1) is 7.11 Å². The second kappa shape index (κ2) is 5.87. The van der Waals surface area contributed by atoms with Gasteiger partial charge in [0.25, 0.3) is 0 Å². The molecule has 1 amide bonds. The van der Waals surface area contributed by atoms with Gasteiger partial charge in [-0.25, -0.2) is 0 Å². The van der Waals surface area contributed by atoms with E-state index in [4.69, 9.17) is 4.74 Å². The van der Waals surface area contributed by atoms with Crippen LogP contribution in [0.4, 0.5) is 17.1 Å². The van der Waals surface area contributed by atoms with Crippen LogP contribution in [0.2, 0.25) is 0 Å². The highest BCUT2D eigenvalue weighted by Gasteiger charge is 2.29. The summed E-state index contributed by atoms with van der Waals surface area (Å²) in [4.78, 5) is 11.7. The number of carbonyl (C=O) groups is 1. The van der Waals surface area contributed by atoms with E-state index in [1.54, 1.807) is 7.11 Å². The van der Waals surface area contributed by atoms with Crippen molar-refractivity contribution in [2.75, 3.05) is 17.7 Å². The number of anilines is 3. The molecule has 0 unspecified atom stereocenters. The van der Waals surface area contributed by atoms with E-state index in [1.807, 2.05) is 48.5 Å². The van der Waals surface area contributed by atoms with E-state index in [1.165, 1.54) is 0 Å². The lowest BCUT2D eigenvalue weighted by Gasteiger charge is -2.09. The second-order valence-corrected chi connectivity index (χ2v) is 5.19. The summed E-state index contributed by atoms with van der Waals surface area (Å²) in [5.41, 5.74) is 2.81. The summed E-state index contributed by atoms with van der Waals surface area (Å²) in [5.74, 6) is 1.19. The minimum atomic E-state index is 0.130. The first kappa shape index (κ1) is 13.5. The molecule has 0 heterocycles. The quantitative estimate of drug-likeness (QED) is 0.877. The number of hydrogen-bond acceptors (Lipinski definition) is 3. The number of rotatable bonds is 5. The molecule has 1 fully saturated rings. The molecule has 1 aliphatic carbocycles. The van der Waals surface area contributed by atoms with Gasteiger partial charge < -0.3 is 15.4 Å². The van der Waals surface area contributed by atoms with Crippen LogP contribution in [0.5, 0.6) is 5.75 Å². The number of ether oxygens (including phenoxy) is 1. The minimum Gasteiger partial charge on any atom is -0.497 e. The third kappa shape index (κ3) is 3.54. The fraction of sp³-hybridized carbons (Fsp3) is 0.235. The van der Waals surface area contributed by atoms with Gasteiger partial charge in [0.15, 0.2) is 0 Å². The molecule has 4 nitrogen and oxygen atoms in total. The first-order valence-corrected chi connectivity index (χ1v) is 7.06. The van der Waals surface area contributed by atoms with Crippen molar-refractivity contribution < 1.29 is 9.53 Å². The van der Waals surface area contributed by atoms with E-state index < -0.39 is 0 Å². The molecule has 0 bridgehead atoms. The topological polar surface area (TPSA) is 50.4 Å². The van der Waals surface area contributed by atoms with Crippen LogP contribution in [-0.4, -0.2) is 13.0 Å². The summed E-state index contributed by atoms with van der Waals surface area (Å²) in [7, 11) is 1.65. The van der Waals surface area contributed by atoms with E-state index in [2.05, 4.69) is 10.6 Å². The number of nitrogens with one attached hydrogen (secondary N) is 2. The van der Waals surface area contributed by atoms with E-state index in [0.29, 0.717) is 0 Å². The lowest BCUT2D eigenvalue weighted by atomic mass is 10.2. The third-order valence-corrected chi connectivity index (χ3v) is 3.48. The first-order chi connectivity index (χ1) is 10.2. The molecule has 0 saturated heterocycles. The molecule has 2 N–H and O–H groups in total. The van der Waals surface area contributed by atoms with Gasteiger partial charge in [-0.15, -0.1) is 0 Å². The number of hydrogen-bond donors (Lipinski definition) is 2. The minimum absolute atomic E-state index is 0.130. The lowest BCUT2D eigenvalue weighted by molar-refractivity contribution is -0.117. The van der Waals surface area contributed by atoms with Gasteiger partial charge in [-0.3, -0.25) is 4.79 Å². The number of carbonyl (C=O) groups excluding carboxylic acids is 1. The molecule has 0 atom stereocenters. The Bertz CT molecular complexity index is 616. The Morgan fingerprint density at radius 3 is 2.00 bits per heavy atom. The third-order valence-electron chi connectivity index (χ3n) is 3.48. The van der Waals surface area contributed by atoms with E-state index in [0.717, 1.165) is 35.7 Å². The standard InChI is InChI=1S/C17H18N2O2/c1-21-16-10-8-14(9-11-16)18-13-4-6-15(7-5-13)19-17(20)12-2-3-12/h4-12,18H,2-3H2,1H3,(H,19,20). The second-order valence-electron chi connectivity index (χ2n) is 5.19. The van der Waals surface area contributed by atoms with Gasteiger partial charge in [-0.05, 0) is 61.4 Å². The molecule has 0 aromatic heterocycles. The van der Waals surface area contributed by atoms with Gasteiger partial charge in [0.2, 0.25) is 5.91 Å². The number of methoxy groups -OCH3 is 1. The molecule has 0 spiro atoms. The Morgan fingerprint density at radius 1 is 0.952 bits per heavy atom. The molecule has 1 aliphatic rings. The van der Waals surface area contributed by atoms with E-state index in [-0.39, 0.29) is 11.8 Å². The van der Waals surface area contributed by atoms with Gasteiger partial charge in [0, 0.05) is 23.0 Å². The molecule has 0 radical (unpaired) electrons. The summed E-state index contributed by atoms with van der Waals surface area (Å²) >= 11 is 0. The SMILES string of the molecule is COc1ccc(Nc2ccc(NC(=O)C3CC3)cc2)cc1. The smallest absolute Gasteiger partial charge is 0.227 e. The Balaban J connectivity index is 1.61. The van der Waals surface area contributed by atoms with Crippen molar-refractivity contribution in [3.63, 3.8) is 0 Å². The van der Waals surface area contributed by atoms with Crippen LogP contribution in [0, 0.1) is 5.92 Å². The largest absolute Gasteiger partial charge is 0.497 e. The highest BCUT2D eigenvalue weighted by Crippen LogP contribution is 2.30. The molecule has 0 aliphatic heterocycles. The molecular formula is C17H18N2O2. The Hall–Kier alpha value is -2.49. The average Bonchev–Trinajstić information content (AvgIpc) is 3.35. The zero-order chi connectivity index (χ0) is 14.7. The van der Waals surface area contributed by atoms with E-state index >= 15 is 0 Å². The van der Waals surface area contributed by atoms with Crippen LogP contribution in [0.1, 0.15) is 12.8 Å². The summed E-state index contributed by atoms with van der Waals surface area (Å²) in [6, 6.07) is 15.5. The van der Waals surface area contributed by atoms with Gasteiger partial charge in [-0.2, -0.15) is 0 Å². The van der Waals surface area contributed by atoms with E-state index in [9.17, 15) is 4.79 Å². The summed E-state index contributed by atoms with van der Waals surface area (Å²) in [6.07, 6.45) is 2.03. The van der Waals surface area contributed by atoms with Crippen molar-refractivity contribution in [1.29, 1.82) is 0 Å². The van der Waals surface area contributed by atoms with Crippen LogP contribution < -0.4 is 15.4 Å². The monoisotopic (exact) mass is 282 g/mol. The van der Waals surface area contributed by atoms with Gasteiger partial charge in [-0.1, -0.05) is 0 Å². The summed E-state index contributed by atoms with van der Waals surface area (Å²) in [6.45, 7) is 0. The molecular weight excluding hydrogens is 264 g/mol. The van der Waals surface area contributed by atoms with Crippen molar-refractivity contribution in [1.82, 2.24) is 0 Å². The van der Waals surface area contributed by atoms with Gasteiger partial charge in [0.1, 0.15) is 5.75 Å². The normalized spacial score (nSPS) is 13.6. The van der Waals surface area contributed by atoms with Crippen molar-refractivity contribution in [2.24, 2.45) is 5.92 Å². The van der Waals surface area contributed by atoms with Crippen LogP contribution in [0.15, 0.2) is 48.5 Å². The Morgan fingerprint density at radius 2 is 1.48 bits per heavy atom. The number of benzene rings is 2. The van der Waals surface area contributed by atoms with Crippen LogP contribution >= 0.6 is 0 Å². The maximum Gasteiger partial charge on any atom is 0.227 e. The average molecular weight is 282 g/mol. The molecule has 21 heavy (non-hydrogen) atoms. The molecule has 108 valence electrons. The predicted octanol–water partition coefficient (Wildman–Crippen LogP) is 3.79. The maximum atomic E-state index is 11.7. The van der Waals surface area contributed by atoms with Crippen molar-refractivity contribution in [2.45, 2.75) is 12.8 Å². The van der Waals surface area contributed by atoms with Crippen LogP contribution in [0.3, 0.4) is 0 Å². The summed E-state index contributed by atoms with van der Waals surface area (Å²) < 4.78 is 5.13. The predicted molar refractivity (Wildman–Crippen MR) is 84.1 cm³/mol. The van der Waals surface area contributed by atoms with Crippen molar-refractivity contribution in [3.8, 4) is 5.75 Å². The Kier molecular flexibility index (Phi) is 3.77. The molecule has 3 rings (SSSR count). The summed E-state index contributed by atoms with van der Waals surface area (Å²) in [5, 5.41) is 6.23. The molecule has 1 saturated carbocycles. The highest BCUT2D eigenvalue weighted by atomic mass is 16.5. The van der Waals surface area contributed by atoms with Crippen LogP contribution in [-0.2, 0) is 4.79 Å². The molecule has 2 aromatic rings. The zero-order valence-corrected chi connectivity index (χ0v) is 11.9. The number of amides is 1. The van der Waals surface area contributed by atoms with Crippen LogP contribution in [0.25, 0.3) is 0 Å². The van der Waals surface area contributed by atoms with Gasteiger partial charge >= 0.3 is 0 Å². The zero-order valence-electron chi connectivity index (χ0n) is 11.9. The highest BCUT2D eigenvalue weighted by molar-refractivity contribution is 5.94. The first-order valence-electron chi connectivity index (χ1n) is 7.06. The van der Waals surface area contributed by atoms with Crippen molar-refractivity contribution in [3.05, 3.63) is 48.5 Å². The fourth-order valence-corrected chi connectivity index (χ4v) is 2.07. The lowest BCUT2D eigenvalue weighted by Crippen LogP contribution is -2.13. The maximum absolute atomic E-state index is 11.7. The molecule has 2 aromatic carbocycles. The molecule has 4 heteroatoms.